The molecule has 2 atom stereocenters. The van der Waals surface area contributed by atoms with E-state index in [1.807, 2.05) is 6.92 Å². The first kappa shape index (κ1) is 11.5. The molecule has 1 heterocycles. The molecule has 2 N–H and O–H groups in total. The van der Waals surface area contributed by atoms with E-state index < -0.39 is 11.7 Å². The summed E-state index contributed by atoms with van der Waals surface area (Å²) in [6.45, 7) is 5.88. The highest BCUT2D eigenvalue weighted by atomic mass is 16.3. The van der Waals surface area contributed by atoms with Gasteiger partial charge in [0.15, 0.2) is 0 Å². The minimum Gasteiger partial charge on any atom is -0.391 e. The highest BCUT2D eigenvalue weighted by Gasteiger charge is 2.34. The van der Waals surface area contributed by atoms with Crippen LogP contribution in [0, 0.1) is 5.92 Å². The van der Waals surface area contributed by atoms with Crippen LogP contribution in [0.4, 0.5) is 0 Å². The lowest BCUT2D eigenvalue weighted by Crippen LogP contribution is -2.52. The first-order chi connectivity index (χ1) is 6.32. The molecule has 0 radical (unpaired) electrons. The van der Waals surface area contributed by atoms with Crippen molar-refractivity contribution in [2.75, 3.05) is 13.1 Å². The molecule has 1 amide bonds. The first-order valence-electron chi connectivity index (χ1n) is 5.02. The van der Waals surface area contributed by atoms with Gasteiger partial charge in [-0.05, 0) is 26.2 Å². The van der Waals surface area contributed by atoms with Gasteiger partial charge in [0.2, 0.25) is 0 Å². The maximum absolute atomic E-state index is 11.6. The zero-order chi connectivity index (χ0) is 10.9. The van der Waals surface area contributed by atoms with Crippen molar-refractivity contribution >= 4 is 5.91 Å². The van der Waals surface area contributed by atoms with Gasteiger partial charge in [0.25, 0.3) is 5.91 Å². The van der Waals surface area contributed by atoms with Crippen LogP contribution in [0.1, 0.15) is 27.2 Å². The van der Waals surface area contributed by atoms with Crippen molar-refractivity contribution in [2.24, 2.45) is 5.92 Å². The second-order valence-electron chi connectivity index (χ2n) is 4.64. The number of nitrogens with zero attached hydrogens (tertiary/aromatic N) is 1. The predicted octanol–water partition coefficient (Wildman–Crippen LogP) is -0.0134. The van der Waals surface area contributed by atoms with Gasteiger partial charge in [0.05, 0.1) is 6.10 Å². The lowest BCUT2D eigenvalue weighted by Gasteiger charge is -2.36. The van der Waals surface area contributed by atoms with E-state index in [1.165, 1.54) is 18.7 Å². The Hall–Kier alpha value is -0.610. The van der Waals surface area contributed by atoms with Gasteiger partial charge < -0.3 is 15.1 Å². The summed E-state index contributed by atoms with van der Waals surface area (Å²) in [5, 5.41) is 19.1. The molecule has 0 aromatic heterocycles. The summed E-state index contributed by atoms with van der Waals surface area (Å²) in [6, 6.07) is 0. The number of rotatable bonds is 1. The quantitative estimate of drug-likeness (QED) is 0.627. The Morgan fingerprint density at radius 1 is 1.50 bits per heavy atom. The monoisotopic (exact) mass is 201 g/mol. The summed E-state index contributed by atoms with van der Waals surface area (Å²) < 4.78 is 0. The maximum Gasteiger partial charge on any atom is 0.254 e. The molecule has 0 saturated carbocycles. The van der Waals surface area contributed by atoms with Crippen LogP contribution in [0.3, 0.4) is 0 Å². The van der Waals surface area contributed by atoms with Crippen LogP contribution in [0.5, 0.6) is 0 Å². The number of carbonyl (C=O) groups is 1. The van der Waals surface area contributed by atoms with Gasteiger partial charge in [-0.15, -0.1) is 0 Å². The number of aliphatic hydroxyl groups is 2. The Kier molecular flexibility index (Phi) is 3.17. The number of piperidine rings is 1. The molecule has 0 aromatic carbocycles. The van der Waals surface area contributed by atoms with Crippen LogP contribution in [0.25, 0.3) is 0 Å². The molecule has 0 spiro atoms. The third kappa shape index (κ3) is 2.45. The van der Waals surface area contributed by atoms with Crippen LogP contribution < -0.4 is 0 Å². The zero-order valence-corrected chi connectivity index (χ0v) is 9.03. The van der Waals surface area contributed by atoms with Crippen LogP contribution in [0.2, 0.25) is 0 Å². The second kappa shape index (κ2) is 3.87. The normalized spacial score (nSPS) is 29.1. The SMILES string of the molecule is CC1CCN(C(=O)C(C)(C)O)CC1O. The van der Waals surface area contributed by atoms with Crippen LogP contribution in [-0.4, -0.2) is 45.8 Å². The molecule has 2 unspecified atom stereocenters. The molecule has 4 heteroatoms. The summed E-state index contributed by atoms with van der Waals surface area (Å²) >= 11 is 0. The summed E-state index contributed by atoms with van der Waals surface area (Å²) in [7, 11) is 0. The molecule has 1 aliphatic rings. The van der Waals surface area contributed by atoms with Crippen molar-refractivity contribution in [1.29, 1.82) is 0 Å². The molecule has 1 aliphatic heterocycles. The lowest BCUT2D eigenvalue weighted by molar-refractivity contribution is -0.152. The van der Waals surface area contributed by atoms with Gasteiger partial charge in [-0.2, -0.15) is 0 Å². The van der Waals surface area contributed by atoms with Gasteiger partial charge in [-0.3, -0.25) is 4.79 Å². The Morgan fingerprint density at radius 3 is 2.50 bits per heavy atom. The van der Waals surface area contributed by atoms with Crippen LogP contribution >= 0.6 is 0 Å². The Morgan fingerprint density at radius 2 is 2.07 bits per heavy atom. The van der Waals surface area contributed by atoms with E-state index in [4.69, 9.17) is 0 Å². The molecule has 0 aromatic rings. The lowest BCUT2D eigenvalue weighted by atomic mass is 9.94. The van der Waals surface area contributed by atoms with Crippen molar-refractivity contribution < 1.29 is 15.0 Å². The average molecular weight is 201 g/mol. The van der Waals surface area contributed by atoms with E-state index in [-0.39, 0.29) is 11.8 Å². The third-order valence-corrected chi connectivity index (χ3v) is 2.73. The van der Waals surface area contributed by atoms with Crippen molar-refractivity contribution in [1.82, 2.24) is 4.90 Å². The standard InChI is InChI=1S/C10H19NO3/c1-7-4-5-11(6-8(7)12)9(13)10(2,3)14/h7-8,12,14H,4-6H2,1-3H3. The van der Waals surface area contributed by atoms with Crippen molar-refractivity contribution in [3.8, 4) is 0 Å². The van der Waals surface area contributed by atoms with Gasteiger partial charge in [0, 0.05) is 13.1 Å². The number of carbonyl (C=O) groups excluding carboxylic acids is 1. The van der Waals surface area contributed by atoms with Crippen molar-refractivity contribution in [3.05, 3.63) is 0 Å². The molecular weight excluding hydrogens is 182 g/mol. The summed E-state index contributed by atoms with van der Waals surface area (Å²) in [5.74, 6) is -0.0655. The van der Waals surface area contributed by atoms with E-state index in [0.717, 1.165) is 6.42 Å². The molecule has 1 saturated heterocycles. The van der Waals surface area contributed by atoms with E-state index in [9.17, 15) is 15.0 Å². The maximum atomic E-state index is 11.6. The fraction of sp³-hybridized carbons (Fsp3) is 0.900. The van der Waals surface area contributed by atoms with E-state index >= 15 is 0 Å². The Labute approximate surface area is 84.5 Å². The number of aliphatic hydroxyl groups excluding tert-OH is 1. The van der Waals surface area contributed by atoms with Gasteiger partial charge in [-0.1, -0.05) is 6.92 Å². The molecule has 1 rings (SSSR count). The minimum atomic E-state index is -1.33. The predicted molar refractivity (Wildman–Crippen MR) is 52.7 cm³/mol. The average Bonchev–Trinajstić information content (AvgIpc) is 2.07. The molecule has 1 fully saturated rings. The van der Waals surface area contributed by atoms with Crippen LogP contribution in [0.15, 0.2) is 0 Å². The minimum absolute atomic E-state index is 0.237. The molecule has 0 bridgehead atoms. The zero-order valence-electron chi connectivity index (χ0n) is 9.03. The van der Waals surface area contributed by atoms with Gasteiger partial charge >= 0.3 is 0 Å². The van der Waals surface area contributed by atoms with E-state index in [1.54, 1.807) is 0 Å². The number of amides is 1. The van der Waals surface area contributed by atoms with Crippen LogP contribution in [-0.2, 0) is 4.79 Å². The van der Waals surface area contributed by atoms with Crippen molar-refractivity contribution in [2.45, 2.75) is 38.9 Å². The Bertz CT molecular complexity index is 222. The Balaban J connectivity index is 2.59. The van der Waals surface area contributed by atoms with Crippen molar-refractivity contribution in [3.63, 3.8) is 0 Å². The number of likely N-dealkylation sites (tertiary alicyclic amines) is 1. The highest BCUT2D eigenvalue weighted by molar-refractivity contribution is 5.84. The topological polar surface area (TPSA) is 60.8 Å². The van der Waals surface area contributed by atoms with E-state index in [2.05, 4.69) is 0 Å². The van der Waals surface area contributed by atoms with E-state index in [0.29, 0.717) is 13.1 Å². The molecular formula is C10H19NO3. The first-order valence-corrected chi connectivity index (χ1v) is 5.02. The van der Waals surface area contributed by atoms with Gasteiger partial charge in [-0.25, -0.2) is 0 Å². The largest absolute Gasteiger partial charge is 0.391 e. The fourth-order valence-corrected chi connectivity index (χ4v) is 1.62. The smallest absolute Gasteiger partial charge is 0.254 e. The molecule has 14 heavy (non-hydrogen) atoms. The summed E-state index contributed by atoms with van der Waals surface area (Å²) in [5.41, 5.74) is -1.33. The van der Waals surface area contributed by atoms with Gasteiger partial charge in [0.1, 0.15) is 5.60 Å². The molecule has 0 aliphatic carbocycles. The summed E-state index contributed by atoms with van der Waals surface area (Å²) in [4.78, 5) is 13.2. The second-order valence-corrected chi connectivity index (χ2v) is 4.64. The number of β-amino-alcohol motifs (C(OH)–C–C–N with tert-alkyl or cyclic N) is 1. The third-order valence-electron chi connectivity index (χ3n) is 2.73. The fourth-order valence-electron chi connectivity index (χ4n) is 1.62. The number of hydrogen-bond acceptors (Lipinski definition) is 3. The highest BCUT2D eigenvalue weighted by Crippen LogP contribution is 2.19. The molecule has 4 nitrogen and oxygen atoms in total. The summed E-state index contributed by atoms with van der Waals surface area (Å²) in [6.07, 6.45) is 0.332. The molecule has 82 valence electrons. The number of hydrogen-bond donors (Lipinski definition) is 2.